The van der Waals surface area contributed by atoms with Crippen LogP contribution in [0.15, 0.2) is 24.3 Å². The number of benzene rings is 1. The molecule has 1 unspecified atom stereocenters. The van der Waals surface area contributed by atoms with Gasteiger partial charge in [-0.15, -0.1) is 0 Å². The van der Waals surface area contributed by atoms with E-state index in [0.29, 0.717) is 19.5 Å². The Balaban J connectivity index is 2.27. The van der Waals surface area contributed by atoms with Crippen molar-refractivity contribution in [1.29, 1.82) is 0 Å². The molecule has 0 saturated heterocycles. The quantitative estimate of drug-likeness (QED) is 0.724. The van der Waals surface area contributed by atoms with Gasteiger partial charge in [0, 0.05) is 18.5 Å². The molecule has 0 aromatic heterocycles. The second-order valence-corrected chi connectivity index (χ2v) is 4.16. The lowest BCUT2D eigenvalue weighted by Gasteiger charge is -2.21. The molecule has 16 heavy (non-hydrogen) atoms. The van der Waals surface area contributed by atoms with Crippen LogP contribution in [0.1, 0.15) is 25.8 Å². The summed E-state index contributed by atoms with van der Waals surface area (Å²) in [5.41, 5.74) is 1.09. The van der Waals surface area contributed by atoms with Crippen LogP contribution in [0.4, 0.5) is 0 Å². The lowest BCUT2D eigenvalue weighted by molar-refractivity contribution is -0.132. The van der Waals surface area contributed by atoms with Crippen LogP contribution < -0.4 is 4.74 Å². The monoisotopic (exact) mass is 219 g/mol. The summed E-state index contributed by atoms with van der Waals surface area (Å²) in [5, 5.41) is 0. The number of hydrogen-bond donors (Lipinski definition) is 0. The molecule has 1 atom stereocenters. The molecule has 0 spiro atoms. The lowest BCUT2D eigenvalue weighted by atomic mass is 10.2. The lowest BCUT2D eigenvalue weighted by Crippen LogP contribution is -2.35. The standard InChI is InChI=1S/C13H17NO2/c1-3-13(15)14-8-10(2)16-12-7-5-4-6-11(12)9-14/h4-7,10H,3,8-9H2,1-2H3. The van der Waals surface area contributed by atoms with Gasteiger partial charge >= 0.3 is 0 Å². The van der Waals surface area contributed by atoms with Crippen molar-refractivity contribution in [3.05, 3.63) is 29.8 Å². The van der Waals surface area contributed by atoms with E-state index < -0.39 is 0 Å². The Morgan fingerprint density at radius 1 is 1.50 bits per heavy atom. The van der Waals surface area contributed by atoms with Gasteiger partial charge in [0.05, 0.1) is 6.54 Å². The molecule has 0 fully saturated rings. The summed E-state index contributed by atoms with van der Waals surface area (Å²) in [6, 6.07) is 7.92. The molecule has 0 N–H and O–H groups in total. The van der Waals surface area contributed by atoms with Gasteiger partial charge in [-0.25, -0.2) is 0 Å². The van der Waals surface area contributed by atoms with E-state index in [9.17, 15) is 4.79 Å². The zero-order valence-electron chi connectivity index (χ0n) is 9.77. The van der Waals surface area contributed by atoms with E-state index in [0.717, 1.165) is 11.3 Å². The maximum absolute atomic E-state index is 11.7. The molecule has 0 radical (unpaired) electrons. The van der Waals surface area contributed by atoms with Crippen LogP contribution in [-0.4, -0.2) is 23.5 Å². The second-order valence-electron chi connectivity index (χ2n) is 4.16. The molecular weight excluding hydrogens is 202 g/mol. The minimum atomic E-state index is 0.0548. The summed E-state index contributed by atoms with van der Waals surface area (Å²) in [6.45, 7) is 5.22. The van der Waals surface area contributed by atoms with E-state index in [1.165, 1.54) is 0 Å². The highest BCUT2D eigenvalue weighted by Gasteiger charge is 2.22. The Labute approximate surface area is 96.0 Å². The van der Waals surface area contributed by atoms with Gasteiger partial charge in [-0.05, 0) is 13.0 Å². The van der Waals surface area contributed by atoms with Crippen LogP contribution >= 0.6 is 0 Å². The summed E-state index contributed by atoms with van der Waals surface area (Å²) in [7, 11) is 0. The molecule has 1 aliphatic heterocycles. The van der Waals surface area contributed by atoms with Gasteiger partial charge in [-0.1, -0.05) is 25.1 Å². The predicted molar refractivity (Wildman–Crippen MR) is 62.2 cm³/mol. The van der Waals surface area contributed by atoms with Crippen molar-refractivity contribution in [1.82, 2.24) is 4.90 Å². The highest BCUT2D eigenvalue weighted by molar-refractivity contribution is 5.76. The zero-order valence-corrected chi connectivity index (χ0v) is 9.77. The first kappa shape index (κ1) is 11.0. The van der Waals surface area contributed by atoms with Crippen molar-refractivity contribution in [3.63, 3.8) is 0 Å². The number of para-hydroxylation sites is 1. The van der Waals surface area contributed by atoms with E-state index in [1.807, 2.05) is 43.0 Å². The number of hydrogen-bond acceptors (Lipinski definition) is 2. The Hall–Kier alpha value is -1.51. The fourth-order valence-electron chi connectivity index (χ4n) is 2.00. The minimum Gasteiger partial charge on any atom is -0.489 e. The molecule has 1 amide bonds. The van der Waals surface area contributed by atoms with Crippen molar-refractivity contribution in [2.24, 2.45) is 0 Å². The summed E-state index contributed by atoms with van der Waals surface area (Å²) in [5.74, 6) is 1.09. The van der Waals surface area contributed by atoms with Crippen LogP contribution in [0.3, 0.4) is 0 Å². The van der Waals surface area contributed by atoms with Crippen LogP contribution in [0, 0.1) is 0 Å². The third kappa shape index (κ3) is 2.18. The normalized spacial score (nSPS) is 19.6. The number of amides is 1. The van der Waals surface area contributed by atoms with Crippen molar-refractivity contribution in [2.75, 3.05) is 6.54 Å². The average molecular weight is 219 g/mol. The van der Waals surface area contributed by atoms with Gasteiger partial charge in [0.2, 0.25) is 5.91 Å². The second kappa shape index (κ2) is 4.56. The summed E-state index contributed by atoms with van der Waals surface area (Å²) < 4.78 is 5.79. The Kier molecular flexibility index (Phi) is 3.13. The third-order valence-corrected chi connectivity index (χ3v) is 2.79. The molecule has 3 heteroatoms. The van der Waals surface area contributed by atoms with Crippen LogP contribution in [0.25, 0.3) is 0 Å². The van der Waals surface area contributed by atoms with Crippen LogP contribution in [0.5, 0.6) is 5.75 Å². The highest BCUT2D eigenvalue weighted by Crippen LogP contribution is 2.24. The largest absolute Gasteiger partial charge is 0.489 e. The molecular formula is C13H17NO2. The first-order chi connectivity index (χ1) is 7.70. The van der Waals surface area contributed by atoms with Crippen molar-refractivity contribution in [3.8, 4) is 5.75 Å². The fraction of sp³-hybridized carbons (Fsp3) is 0.462. The number of fused-ring (bicyclic) bond motifs is 1. The van der Waals surface area contributed by atoms with Crippen molar-refractivity contribution >= 4 is 5.91 Å². The predicted octanol–water partition coefficient (Wildman–Crippen LogP) is 2.21. The van der Waals surface area contributed by atoms with Crippen LogP contribution in [0.2, 0.25) is 0 Å². The van der Waals surface area contributed by atoms with E-state index >= 15 is 0 Å². The Morgan fingerprint density at radius 3 is 3.00 bits per heavy atom. The van der Waals surface area contributed by atoms with Gasteiger partial charge in [0.1, 0.15) is 11.9 Å². The number of carbonyl (C=O) groups excluding carboxylic acids is 1. The maximum Gasteiger partial charge on any atom is 0.222 e. The average Bonchev–Trinajstić information content (AvgIpc) is 2.45. The molecule has 0 aliphatic carbocycles. The molecule has 1 aliphatic rings. The number of nitrogens with zero attached hydrogens (tertiary/aromatic N) is 1. The molecule has 1 aromatic rings. The van der Waals surface area contributed by atoms with Gasteiger partial charge in [-0.3, -0.25) is 4.79 Å². The first-order valence-electron chi connectivity index (χ1n) is 5.73. The molecule has 86 valence electrons. The van der Waals surface area contributed by atoms with E-state index in [2.05, 4.69) is 0 Å². The third-order valence-electron chi connectivity index (χ3n) is 2.79. The van der Waals surface area contributed by atoms with Gasteiger partial charge in [0.15, 0.2) is 0 Å². The van der Waals surface area contributed by atoms with Gasteiger partial charge in [0.25, 0.3) is 0 Å². The van der Waals surface area contributed by atoms with Gasteiger partial charge in [-0.2, -0.15) is 0 Å². The fourth-order valence-corrected chi connectivity index (χ4v) is 2.00. The van der Waals surface area contributed by atoms with E-state index in [-0.39, 0.29) is 12.0 Å². The summed E-state index contributed by atoms with van der Waals surface area (Å²) in [6.07, 6.45) is 0.605. The Morgan fingerprint density at radius 2 is 2.25 bits per heavy atom. The molecule has 1 heterocycles. The molecule has 2 rings (SSSR count). The SMILES string of the molecule is CCC(=O)N1Cc2ccccc2OC(C)C1. The topological polar surface area (TPSA) is 29.5 Å². The zero-order chi connectivity index (χ0) is 11.5. The van der Waals surface area contributed by atoms with E-state index in [4.69, 9.17) is 4.74 Å². The molecule has 3 nitrogen and oxygen atoms in total. The molecule has 0 bridgehead atoms. The Bertz CT molecular complexity index is 389. The smallest absolute Gasteiger partial charge is 0.222 e. The minimum absolute atomic E-state index is 0.0548. The van der Waals surface area contributed by atoms with Crippen LogP contribution in [-0.2, 0) is 11.3 Å². The number of carbonyl (C=O) groups is 1. The first-order valence-corrected chi connectivity index (χ1v) is 5.73. The highest BCUT2D eigenvalue weighted by atomic mass is 16.5. The molecule has 0 saturated carbocycles. The maximum atomic E-state index is 11.7. The van der Waals surface area contributed by atoms with Crippen molar-refractivity contribution < 1.29 is 9.53 Å². The number of ether oxygens (including phenoxy) is 1. The van der Waals surface area contributed by atoms with Gasteiger partial charge < -0.3 is 9.64 Å². The summed E-state index contributed by atoms with van der Waals surface area (Å²) >= 11 is 0. The number of rotatable bonds is 1. The van der Waals surface area contributed by atoms with E-state index in [1.54, 1.807) is 0 Å². The molecule has 1 aromatic carbocycles. The van der Waals surface area contributed by atoms with Crippen molar-refractivity contribution in [2.45, 2.75) is 32.9 Å². The summed E-state index contributed by atoms with van der Waals surface area (Å²) in [4.78, 5) is 13.6.